The average Bonchev–Trinajstić information content (AvgIpc) is 2.33. The lowest BCUT2D eigenvalue weighted by Gasteiger charge is -2.41. The SMILES string of the molecule is C=C(C)C1CCC(C2CCC(C)CC2)C(F)C1F. The fraction of sp³-hybridized carbons (Fsp3) is 0.875. The zero-order valence-electron chi connectivity index (χ0n) is 11.7. The molecule has 2 heteroatoms. The summed E-state index contributed by atoms with van der Waals surface area (Å²) in [6.45, 7) is 7.89. The molecule has 18 heavy (non-hydrogen) atoms. The molecule has 4 unspecified atom stereocenters. The second kappa shape index (κ2) is 5.71. The van der Waals surface area contributed by atoms with Crippen LogP contribution in [0, 0.1) is 23.7 Å². The normalized spacial score (nSPS) is 45.8. The van der Waals surface area contributed by atoms with E-state index in [-0.39, 0.29) is 11.8 Å². The van der Waals surface area contributed by atoms with Crippen molar-refractivity contribution in [2.45, 2.75) is 64.7 Å². The van der Waals surface area contributed by atoms with Crippen LogP contribution in [0.3, 0.4) is 0 Å². The van der Waals surface area contributed by atoms with Crippen molar-refractivity contribution in [3.63, 3.8) is 0 Å². The first-order valence-corrected chi connectivity index (χ1v) is 7.44. The summed E-state index contributed by atoms with van der Waals surface area (Å²) < 4.78 is 28.5. The Kier molecular flexibility index (Phi) is 4.45. The standard InChI is InChI=1S/C16H26F2/c1-10(2)13-8-9-14(16(18)15(13)17)12-6-4-11(3)5-7-12/h11-16H,1,4-9H2,2-3H3. The number of alkyl halides is 2. The summed E-state index contributed by atoms with van der Waals surface area (Å²) in [7, 11) is 0. The highest BCUT2D eigenvalue weighted by atomic mass is 19.2. The molecule has 2 rings (SSSR count). The first kappa shape index (κ1) is 14.0. The van der Waals surface area contributed by atoms with Crippen molar-refractivity contribution in [3.05, 3.63) is 12.2 Å². The number of rotatable bonds is 2. The second-order valence-corrected chi connectivity index (χ2v) is 6.60. The van der Waals surface area contributed by atoms with Crippen LogP contribution in [0.1, 0.15) is 52.4 Å². The minimum atomic E-state index is -1.32. The highest BCUT2D eigenvalue weighted by molar-refractivity contribution is 5.05. The van der Waals surface area contributed by atoms with E-state index in [9.17, 15) is 8.78 Å². The predicted octanol–water partition coefficient (Wildman–Crippen LogP) is 5.09. The van der Waals surface area contributed by atoms with E-state index in [1.165, 1.54) is 12.8 Å². The van der Waals surface area contributed by atoms with Gasteiger partial charge in [0.05, 0.1) is 0 Å². The van der Waals surface area contributed by atoms with Gasteiger partial charge in [-0.15, -0.1) is 0 Å². The van der Waals surface area contributed by atoms with Gasteiger partial charge in [-0.3, -0.25) is 0 Å². The summed E-state index contributed by atoms with van der Waals surface area (Å²) in [4.78, 5) is 0. The van der Waals surface area contributed by atoms with Crippen LogP contribution < -0.4 is 0 Å². The van der Waals surface area contributed by atoms with E-state index in [1.54, 1.807) is 0 Å². The van der Waals surface area contributed by atoms with Crippen LogP contribution in [0.4, 0.5) is 8.78 Å². The Hall–Kier alpha value is -0.400. The summed E-state index contributed by atoms with van der Waals surface area (Å²) in [6.07, 6.45) is 3.61. The van der Waals surface area contributed by atoms with E-state index in [4.69, 9.17) is 0 Å². The van der Waals surface area contributed by atoms with Crippen LogP contribution >= 0.6 is 0 Å². The monoisotopic (exact) mass is 256 g/mol. The lowest BCUT2D eigenvalue weighted by Crippen LogP contribution is -2.42. The first-order valence-electron chi connectivity index (χ1n) is 7.44. The molecular formula is C16H26F2. The maximum Gasteiger partial charge on any atom is 0.138 e. The molecule has 0 aromatic rings. The van der Waals surface area contributed by atoms with Crippen LogP contribution in [-0.2, 0) is 0 Å². The summed E-state index contributed by atoms with van der Waals surface area (Å²) in [5.41, 5.74) is 0.806. The second-order valence-electron chi connectivity index (χ2n) is 6.60. The summed E-state index contributed by atoms with van der Waals surface area (Å²) in [5.74, 6) is 0.898. The minimum absolute atomic E-state index is 0.0388. The number of allylic oxidation sites excluding steroid dienone is 1. The Bertz CT molecular complexity index is 291. The van der Waals surface area contributed by atoms with Gasteiger partial charge in [-0.25, -0.2) is 8.78 Å². The molecule has 0 radical (unpaired) electrons. The fourth-order valence-corrected chi connectivity index (χ4v) is 3.88. The lowest BCUT2D eigenvalue weighted by molar-refractivity contribution is -0.00102. The van der Waals surface area contributed by atoms with Gasteiger partial charge in [-0.1, -0.05) is 31.9 Å². The van der Waals surface area contributed by atoms with Gasteiger partial charge in [-0.05, 0) is 50.4 Å². The number of hydrogen-bond donors (Lipinski definition) is 0. The largest absolute Gasteiger partial charge is 0.244 e. The molecule has 2 fully saturated rings. The minimum Gasteiger partial charge on any atom is -0.244 e. The molecule has 2 saturated carbocycles. The Morgan fingerprint density at radius 2 is 1.56 bits per heavy atom. The van der Waals surface area contributed by atoms with Gasteiger partial charge >= 0.3 is 0 Å². The quantitative estimate of drug-likeness (QED) is 0.604. The van der Waals surface area contributed by atoms with E-state index in [0.29, 0.717) is 5.92 Å². The zero-order valence-corrected chi connectivity index (χ0v) is 11.7. The molecule has 2 aliphatic carbocycles. The van der Waals surface area contributed by atoms with Crippen molar-refractivity contribution < 1.29 is 8.78 Å². The topological polar surface area (TPSA) is 0 Å². The molecule has 0 saturated heterocycles. The van der Waals surface area contributed by atoms with E-state index >= 15 is 0 Å². The highest BCUT2D eigenvalue weighted by Crippen LogP contribution is 2.44. The molecule has 0 heterocycles. The zero-order chi connectivity index (χ0) is 13.3. The average molecular weight is 256 g/mol. The summed E-state index contributed by atoms with van der Waals surface area (Å²) in [5, 5.41) is 0. The molecule has 0 N–H and O–H groups in total. The Morgan fingerprint density at radius 1 is 0.944 bits per heavy atom. The van der Waals surface area contributed by atoms with Crippen molar-refractivity contribution in [2.75, 3.05) is 0 Å². The number of halogens is 2. The van der Waals surface area contributed by atoms with Gasteiger partial charge in [0.2, 0.25) is 0 Å². The molecule has 0 amide bonds. The van der Waals surface area contributed by atoms with Crippen LogP contribution in [0.2, 0.25) is 0 Å². The molecule has 2 aliphatic rings. The van der Waals surface area contributed by atoms with Crippen LogP contribution in [-0.4, -0.2) is 12.3 Å². The van der Waals surface area contributed by atoms with Crippen molar-refractivity contribution in [2.24, 2.45) is 23.7 Å². The van der Waals surface area contributed by atoms with Crippen LogP contribution in [0.25, 0.3) is 0 Å². The molecule has 104 valence electrons. The summed E-state index contributed by atoms with van der Waals surface area (Å²) >= 11 is 0. The van der Waals surface area contributed by atoms with Crippen LogP contribution in [0.15, 0.2) is 12.2 Å². The lowest BCUT2D eigenvalue weighted by atomic mass is 9.67. The van der Waals surface area contributed by atoms with Gasteiger partial charge in [0.15, 0.2) is 0 Å². The maximum atomic E-state index is 14.3. The van der Waals surface area contributed by atoms with Crippen molar-refractivity contribution in [1.29, 1.82) is 0 Å². The summed E-state index contributed by atoms with van der Waals surface area (Å²) in [6, 6.07) is 0. The molecular weight excluding hydrogens is 230 g/mol. The van der Waals surface area contributed by atoms with Crippen molar-refractivity contribution in [3.8, 4) is 0 Å². The van der Waals surface area contributed by atoms with E-state index in [1.807, 2.05) is 6.92 Å². The van der Waals surface area contributed by atoms with Crippen molar-refractivity contribution in [1.82, 2.24) is 0 Å². The third-order valence-electron chi connectivity index (χ3n) is 5.21. The highest BCUT2D eigenvalue weighted by Gasteiger charge is 2.43. The fourth-order valence-electron chi connectivity index (χ4n) is 3.88. The van der Waals surface area contributed by atoms with Gasteiger partial charge in [0.25, 0.3) is 0 Å². The smallest absolute Gasteiger partial charge is 0.138 e. The predicted molar refractivity (Wildman–Crippen MR) is 71.9 cm³/mol. The van der Waals surface area contributed by atoms with Gasteiger partial charge in [-0.2, -0.15) is 0 Å². The molecule has 0 aromatic carbocycles. The molecule has 0 bridgehead atoms. The molecule has 4 atom stereocenters. The Balaban J connectivity index is 1.97. The molecule has 0 spiro atoms. The van der Waals surface area contributed by atoms with E-state index < -0.39 is 12.3 Å². The van der Waals surface area contributed by atoms with Crippen molar-refractivity contribution >= 4 is 0 Å². The Labute approximate surface area is 110 Å². The molecule has 0 nitrogen and oxygen atoms in total. The number of hydrogen-bond acceptors (Lipinski definition) is 0. The van der Waals surface area contributed by atoms with Gasteiger partial charge in [0.1, 0.15) is 12.3 Å². The first-order chi connectivity index (χ1) is 8.50. The van der Waals surface area contributed by atoms with E-state index in [0.717, 1.165) is 37.2 Å². The van der Waals surface area contributed by atoms with Gasteiger partial charge < -0.3 is 0 Å². The maximum absolute atomic E-state index is 14.3. The Morgan fingerprint density at radius 3 is 2.11 bits per heavy atom. The molecule has 0 aliphatic heterocycles. The third-order valence-corrected chi connectivity index (χ3v) is 5.21. The molecule has 0 aromatic heterocycles. The van der Waals surface area contributed by atoms with E-state index in [2.05, 4.69) is 13.5 Å². The van der Waals surface area contributed by atoms with Gasteiger partial charge in [0, 0.05) is 5.92 Å². The third kappa shape index (κ3) is 2.78. The van der Waals surface area contributed by atoms with Crippen LogP contribution in [0.5, 0.6) is 0 Å².